The Hall–Kier alpha value is -3.60. The molecule has 2 aromatic rings. The normalized spacial score (nSPS) is 21.7. The number of hydrogen-bond acceptors (Lipinski definition) is 7. The Morgan fingerprint density at radius 1 is 1.20 bits per heavy atom. The third-order valence-corrected chi connectivity index (χ3v) is 6.44. The van der Waals surface area contributed by atoms with Gasteiger partial charge in [-0.3, -0.25) is 9.59 Å². The minimum atomic E-state index is -0.481. The van der Waals surface area contributed by atoms with Crippen LogP contribution in [0.3, 0.4) is 0 Å². The number of rotatable bonds is 4. The van der Waals surface area contributed by atoms with Crippen LogP contribution in [0.1, 0.15) is 41.1 Å². The van der Waals surface area contributed by atoms with Crippen LogP contribution in [0, 0.1) is 13.8 Å². The zero-order valence-electron chi connectivity index (χ0n) is 20.6. The number of nitrogens with zero attached hydrogens (tertiary/aromatic N) is 3. The van der Waals surface area contributed by atoms with Gasteiger partial charge in [0.1, 0.15) is 29.8 Å². The first-order valence-electron chi connectivity index (χ1n) is 11.5. The lowest BCUT2D eigenvalue weighted by Gasteiger charge is -2.42. The number of carbonyl (C=O) groups is 3. The van der Waals surface area contributed by atoms with E-state index >= 15 is 0 Å². The Bertz CT molecular complexity index is 1110. The van der Waals surface area contributed by atoms with Crippen molar-refractivity contribution in [1.29, 1.82) is 0 Å². The quantitative estimate of drug-likeness (QED) is 0.682. The highest BCUT2D eigenvalue weighted by molar-refractivity contribution is 6.03. The van der Waals surface area contributed by atoms with Gasteiger partial charge < -0.3 is 34.4 Å². The van der Waals surface area contributed by atoms with Crippen molar-refractivity contribution < 1.29 is 28.4 Å². The molecule has 2 aliphatic rings. The second kappa shape index (κ2) is 9.95. The summed E-state index contributed by atoms with van der Waals surface area (Å²) in [5, 5.41) is 9.27. The van der Waals surface area contributed by atoms with Crippen LogP contribution >= 0.6 is 0 Å². The largest absolute Gasteiger partial charge is 0.490 e. The van der Waals surface area contributed by atoms with Crippen molar-refractivity contribution in [2.45, 2.75) is 51.4 Å². The Labute approximate surface area is 203 Å². The standard InChI is InChI=1S/C24H31N5O6/c1-13-22(14(2)35-27-13)26-24(32)25-15-6-9-19-17(10-15)23(31)29(5)18-8-7-16(11-21(30)28(3)4)34-20(18)12-33-19/h6,9-10,16,18,20H,7-8,11-12H2,1-5H3,(H2,25,26,32)/t16-,18-,20+/m0/s1. The van der Waals surface area contributed by atoms with Crippen LogP contribution < -0.4 is 15.4 Å². The third kappa shape index (κ3) is 5.24. The first-order chi connectivity index (χ1) is 16.6. The Kier molecular flexibility index (Phi) is 6.97. The fourth-order valence-electron chi connectivity index (χ4n) is 4.42. The molecule has 11 heteroatoms. The smallest absolute Gasteiger partial charge is 0.323 e. The zero-order chi connectivity index (χ0) is 25.3. The molecule has 3 atom stereocenters. The van der Waals surface area contributed by atoms with Crippen molar-refractivity contribution in [3.8, 4) is 5.75 Å². The molecule has 0 saturated carbocycles. The van der Waals surface area contributed by atoms with Crippen molar-refractivity contribution in [2.75, 3.05) is 38.4 Å². The van der Waals surface area contributed by atoms with Crippen molar-refractivity contribution in [1.82, 2.24) is 15.0 Å². The number of fused-ring (bicyclic) bond motifs is 2. The van der Waals surface area contributed by atoms with E-state index in [1.807, 2.05) is 0 Å². The summed E-state index contributed by atoms with van der Waals surface area (Å²) in [6.07, 6.45) is 1.13. The number of anilines is 2. The Morgan fingerprint density at radius 3 is 2.66 bits per heavy atom. The molecule has 4 rings (SSSR count). The highest BCUT2D eigenvalue weighted by Gasteiger charge is 2.39. The summed E-state index contributed by atoms with van der Waals surface area (Å²) in [7, 11) is 5.19. The molecule has 1 aromatic heterocycles. The van der Waals surface area contributed by atoms with E-state index in [0.717, 1.165) is 0 Å². The molecule has 0 bridgehead atoms. The van der Waals surface area contributed by atoms with E-state index in [0.29, 0.717) is 53.4 Å². The van der Waals surface area contributed by atoms with E-state index in [2.05, 4.69) is 15.8 Å². The molecule has 2 aliphatic heterocycles. The van der Waals surface area contributed by atoms with E-state index < -0.39 is 6.03 Å². The number of carbonyl (C=O) groups excluding carboxylic acids is 3. The minimum absolute atomic E-state index is 0.00779. The average Bonchev–Trinajstić information content (AvgIpc) is 3.13. The number of ether oxygens (including phenoxy) is 2. The van der Waals surface area contributed by atoms with E-state index in [1.54, 1.807) is 63.0 Å². The first-order valence-corrected chi connectivity index (χ1v) is 11.5. The van der Waals surface area contributed by atoms with Crippen molar-refractivity contribution in [2.24, 2.45) is 0 Å². The summed E-state index contributed by atoms with van der Waals surface area (Å²) in [5.74, 6) is 0.690. The molecule has 4 amide bonds. The first kappa shape index (κ1) is 24.5. The summed E-state index contributed by atoms with van der Waals surface area (Å²) < 4.78 is 17.2. The van der Waals surface area contributed by atoms with Crippen LogP contribution in [0.15, 0.2) is 22.7 Å². The molecule has 1 aromatic carbocycles. The van der Waals surface area contributed by atoms with E-state index in [9.17, 15) is 14.4 Å². The highest BCUT2D eigenvalue weighted by atomic mass is 16.5. The van der Waals surface area contributed by atoms with Gasteiger partial charge in [0.15, 0.2) is 5.76 Å². The van der Waals surface area contributed by atoms with Gasteiger partial charge >= 0.3 is 6.03 Å². The lowest BCUT2D eigenvalue weighted by Crippen LogP contribution is -2.53. The lowest BCUT2D eigenvalue weighted by molar-refractivity contribution is -0.140. The van der Waals surface area contributed by atoms with Gasteiger partial charge in [0.25, 0.3) is 5.91 Å². The van der Waals surface area contributed by atoms with Crippen LogP contribution in [-0.4, -0.2) is 78.8 Å². The van der Waals surface area contributed by atoms with Crippen LogP contribution in [0.4, 0.5) is 16.2 Å². The molecule has 188 valence electrons. The molecule has 0 radical (unpaired) electrons. The maximum Gasteiger partial charge on any atom is 0.323 e. The molecular formula is C24H31N5O6. The number of hydrogen-bond donors (Lipinski definition) is 2. The fourth-order valence-corrected chi connectivity index (χ4v) is 4.42. The second-order valence-corrected chi connectivity index (χ2v) is 9.15. The number of nitrogens with one attached hydrogen (secondary N) is 2. The molecule has 35 heavy (non-hydrogen) atoms. The van der Waals surface area contributed by atoms with Gasteiger partial charge in [0.05, 0.1) is 24.1 Å². The third-order valence-electron chi connectivity index (χ3n) is 6.44. The summed E-state index contributed by atoms with van der Waals surface area (Å²) in [6.45, 7) is 3.69. The van der Waals surface area contributed by atoms with Gasteiger partial charge in [-0.05, 0) is 44.9 Å². The number of aromatic nitrogens is 1. The molecule has 0 spiro atoms. The molecule has 0 aliphatic carbocycles. The van der Waals surface area contributed by atoms with E-state index in [-0.39, 0.29) is 36.7 Å². The SMILES string of the molecule is Cc1noc(C)c1NC(=O)Nc1ccc2c(c1)C(=O)N(C)[C@H]1CC[C@@H](CC(=O)N(C)C)O[C@@H]1CO2. The average molecular weight is 486 g/mol. The summed E-state index contributed by atoms with van der Waals surface area (Å²) >= 11 is 0. The van der Waals surface area contributed by atoms with Crippen LogP contribution in [0.5, 0.6) is 5.75 Å². The number of urea groups is 1. The van der Waals surface area contributed by atoms with E-state index in [4.69, 9.17) is 14.0 Å². The number of likely N-dealkylation sites (N-methyl/N-ethyl adjacent to an activating group) is 1. The van der Waals surface area contributed by atoms with E-state index in [1.165, 1.54) is 0 Å². The summed E-state index contributed by atoms with van der Waals surface area (Å²) in [4.78, 5) is 41.2. The van der Waals surface area contributed by atoms with Gasteiger partial charge in [-0.2, -0.15) is 0 Å². The van der Waals surface area contributed by atoms with Gasteiger partial charge in [-0.15, -0.1) is 0 Å². The number of amides is 4. The number of benzene rings is 1. The van der Waals surface area contributed by atoms with Gasteiger partial charge in [0, 0.05) is 26.8 Å². The molecule has 1 fully saturated rings. The maximum absolute atomic E-state index is 13.4. The topological polar surface area (TPSA) is 126 Å². The summed E-state index contributed by atoms with van der Waals surface area (Å²) in [5.41, 5.74) is 1.86. The van der Waals surface area contributed by atoms with Gasteiger partial charge in [-0.25, -0.2) is 4.79 Å². The van der Waals surface area contributed by atoms with Crippen molar-refractivity contribution >= 4 is 29.2 Å². The lowest BCUT2D eigenvalue weighted by atomic mass is 9.94. The molecule has 3 heterocycles. The molecule has 0 unspecified atom stereocenters. The van der Waals surface area contributed by atoms with Crippen molar-refractivity contribution in [3.05, 3.63) is 35.2 Å². The number of aryl methyl sites for hydroxylation is 2. The van der Waals surface area contributed by atoms with Crippen LogP contribution in [-0.2, 0) is 9.53 Å². The molecular weight excluding hydrogens is 454 g/mol. The minimum Gasteiger partial charge on any atom is -0.490 e. The second-order valence-electron chi connectivity index (χ2n) is 9.15. The molecule has 11 nitrogen and oxygen atoms in total. The molecule has 1 saturated heterocycles. The van der Waals surface area contributed by atoms with Crippen molar-refractivity contribution in [3.63, 3.8) is 0 Å². The summed E-state index contributed by atoms with van der Waals surface area (Å²) in [6, 6.07) is 4.26. The highest BCUT2D eigenvalue weighted by Crippen LogP contribution is 2.32. The Balaban J connectivity index is 1.47. The monoisotopic (exact) mass is 485 g/mol. The predicted molar refractivity (Wildman–Crippen MR) is 128 cm³/mol. The fraction of sp³-hybridized carbons (Fsp3) is 0.500. The van der Waals surface area contributed by atoms with Gasteiger partial charge in [-0.1, -0.05) is 5.16 Å². The van der Waals surface area contributed by atoms with Gasteiger partial charge in [0.2, 0.25) is 5.91 Å². The van der Waals surface area contributed by atoms with Crippen LogP contribution in [0.25, 0.3) is 0 Å². The predicted octanol–water partition coefficient (Wildman–Crippen LogP) is 2.79. The van der Waals surface area contributed by atoms with Crippen LogP contribution in [0.2, 0.25) is 0 Å². The molecule has 2 N–H and O–H groups in total. The zero-order valence-corrected chi connectivity index (χ0v) is 20.6. The maximum atomic E-state index is 13.4. The Morgan fingerprint density at radius 2 is 1.97 bits per heavy atom.